The van der Waals surface area contributed by atoms with E-state index in [-0.39, 0.29) is 6.04 Å². The van der Waals surface area contributed by atoms with E-state index in [1.54, 1.807) is 0 Å². The summed E-state index contributed by atoms with van der Waals surface area (Å²) in [4.78, 5) is 6.95. The van der Waals surface area contributed by atoms with Gasteiger partial charge in [0.25, 0.3) is 0 Å². The SMILES string of the molecule is CC1CC(C)CN(C(CN)c2ccccn2)C1. The minimum atomic E-state index is 0.279. The zero-order valence-electron chi connectivity index (χ0n) is 10.8. The number of nitrogens with two attached hydrogens (primary N) is 1. The smallest absolute Gasteiger partial charge is 0.0644 e. The standard InChI is InChI=1S/C14H23N3/c1-11-7-12(2)10-17(9-11)14(8-15)13-5-3-4-6-16-13/h3-6,11-12,14H,7-10,15H2,1-2H3. The minimum absolute atomic E-state index is 0.279. The molecule has 1 saturated heterocycles. The number of pyridine rings is 1. The second kappa shape index (κ2) is 5.61. The van der Waals surface area contributed by atoms with Crippen LogP contribution in [-0.2, 0) is 0 Å². The van der Waals surface area contributed by atoms with Crippen LogP contribution in [0.2, 0.25) is 0 Å². The number of piperidine rings is 1. The molecule has 0 saturated carbocycles. The van der Waals surface area contributed by atoms with Crippen LogP contribution in [0.15, 0.2) is 24.4 Å². The molecular weight excluding hydrogens is 210 g/mol. The number of aromatic nitrogens is 1. The van der Waals surface area contributed by atoms with Gasteiger partial charge in [0.1, 0.15) is 0 Å². The predicted octanol–water partition coefficient (Wildman–Crippen LogP) is 2.06. The van der Waals surface area contributed by atoms with Crippen molar-refractivity contribution in [3.05, 3.63) is 30.1 Å². The van der Waals surface area contributed by atoms with E-state index >= 15 is 0 Å². The van der Waals surface area contributed by atoms with E-state index in [4.69, 9.17) is 5.73 Å². The molecule has 0 aromatic carbocycles. The molecule has 0 aliphatic carbocycles. The molecule has 3 nitrogen and oxygen atoms in total. The molecule has 3 atom stereocenters. The van der Waals surface area contributed by atoms with Gasteiger partial charge < -0.3 is 5.73 Å². The van der Waals surface area contributed by atoms with Gasteiger partial charge >= 0.3 is 0 Å². The topological polar surface area (TPSA) is 42.1 Å². The van der Waals surface area contributed by atoms with Crippen molar-refractivity contribution in [3.8, 4) is 0 Å². The maximum Gasteiger partial charge on any atom is 0.0644 e. The summed E-state index contributed by atoms with van der Waals surface area (Å²) < 4.78 is 0. The van der Waals surface area contributed by atoms with Crippen molar-refractivity contribution >= 4 is 0 Å². The van der Waals surface area contributed by atoms with E-state index in [1.807, 2.05) is 18.3 Å². The lowest BCUT2D eigenvalue weighted by molar-refractivity contribution is 0.0965. The van der Waals surface area contributed by atoms with Crippen LogP contribution in [0.4, 0.5) is 0 Å². The van der Waals surface area contributed by atoms with Crippen molar-refractivity contribution in [2.45, 2.75) is 26.3 Å². The lowest BCUT2D eigenvalue weighted by atomic mass is 9.90. The Labute approximate surface area is 104 Å². The fourth-order valence-corrected chi connectivity index (χ4v) is 3.00. The molecule has 1 aliphatic heterocycles. The summed E-state index contributed by atoms with van der Waals surface area (Å²) >= 11 is 0. The van der Waals surface area contributed by atoms with Crippen LogP contribution in [0.25, 0.3) is 0 Å². The predicted molar refractivity (Wildman–Crippen MR) is 70.6 cm³/mol. The largest absolute Gasteiger partial charge is 0.329 e. The van der Waals surface area contributed by atoms with Crippen LogP contribution in [0.3, 0.4) is 0 Å². The number of likely N-dealkylation sites (tertiary alicyclic amines) is 1. The highest BCUT2D eigenvalue weighted by molar-refractivity contribution is 5.10. The lowest BCUT2D eigenvalue weighted by Crippen LogP contribution is -2.43. The van der Waals surface area contributed by atoms with Gasteiger partial charge in [0.15, 0.2) is 0 Å². The number of hydrogen-bond acceptors (Lipinski definition) is 3. The monoisotopic (exact) mass is 233 g/mol. The van der Waals surface area contributed by atoms with Crippen LogP contribution < -0.4 is 5.73 Å². The van der Waals surface area contributed by atoms with Crippen molar-refractivity contribution in [1.82, 2.24) is 9.88 Å². The highest BCUT2D eigenvalue weighted by atomic mass is 15.2. The summed E-state index contributed by atoms with van der Waals surface area (Å²) in [7, 11) is 0. The Bertz CT molecular complexity index is 329. The van der Waals surface area contributed by atoms with E-state index in [1.165, 1.54) is 6.42 Å². The van der Waals surface area contributed by atoms with E-state index in [0.29, 0.717) is 6.54 Å². The molecule has 0 bridgehead atoms. The number of rotatable bonds is 3. The molecule has 0 radical (unpaired) electrons. The molecule has 1 aromatic heterocycles. The molecule has 2 heterocycles. The van der Waals surface area contributed by atoms with Crippen LogP contribution in [0.1, 0.15) is 32.0 Å². The second-order valence-corrected chi connectivity index (χ2v) is 5.41. The van der Waals surface area contributed by atoms with Crippen molar-refractivity contribution in [1.29, 1.82) is 0 Å². The first kappa shape index (κ1) is 12.5. The van der Waals surface area contributed by atoms with Crippen molar-refractivity contribution in [2.24, 2.45) is 17.6 Å². The number of nitrogens with zero attached hydrogens (tertiary/aromatic N) is 2. The van der Waals surface area contributed by atoms with Crippen LogP contribution >= 0.6 is 0 Å². The molecular formula is C14H23N3. The van der Waals surface area contributed by atoms with Gasteiger partial charge in [-0.3, -0.25) is 9.88 Å². The maximum absolute atomic E-state index is 5.94. The second-order valence-electron chi connectivity index (χ2n) is 5.41. The molecule has 0 amide bonds. The number of hydrogen-bond donors (Lipinski definition) is 1. The van der Waals surface area contributed by atoms with Gasteiger partial charge in [0, 0.05) is 25.8 Å². The summed E-state index contributed by atoms with van der Waals surface area (Å²) in [6.45, 7) is 7.59. The fraction of sp³-hybridized carbons (Fsp3) is 0.643. The average molecular weight is 233 g/mol. The molecule has 1 aromatic rings. The quantitative estimate of drug-likeness (QED) is 0.869. The summed E-state index contributed by atoms with van der Waals surface area (Å²) in [6, 6.07) is 6.36. The van der Waals surface area contributed by atoms with Gasteiger partial charge in [-0.25, -0.2) is 0 Å². The van der Waals surface area contributed by atoms with E-state index < -0.39 is 0 Å². The van der Waals surface area contributed by atoms with Crippen molar-refractivity contribution < 1.29 is 0 Å². The first-order valence-corrected chi connectivity index (χ1v) is 6.55. The Morgan fingerprint density at radius 3 is 2.59 bits per heavy atom. The van der Waals surface area contributed by atoms with Gasteiger partial charge in [0.2, 0.25) is 0 Å². The zero-order valence-corrected chi connectivity index (χ0v) is 10.8. The third-order valence-electron chi connectivity index (χ3n) is 3.59. The van der Waals surface area contributed by atoms with Crippen molar-refractivity contribution in [2.75, 3.05) is 19.6 Å². The molecule has 0 spiro atoms. The summed E-state index contributed by atoms with van der Waals surface area (Å²) in [5.74, 6) is 1.52. The first-order chi connectivity index (χ1) is 8.20. The van der Waals surface area contributed by atoms with Crippen molar-refractivity contribution in [3.63, 3.8) is 0 Å². The summed E-state index contributed by atoms with van der Waals surface area (Å²) in [6.07, 6.45) is 3.19. The summed E-state index contributed by atoms with van der Waals surface area (Å²) in [5.41, 5.74) is 7.05. The van der Waals surface area contributed by atoms with E-state index in [0.717, 1.165) is 30.6 Å². The molecule has 17 heavy (non-hydrogen) atoms. The van der Waals surface area contributed by atoms with Crippen LogP contribution in [0.5, 0.6) is 0 Å². The maximum atomic E-state index is 5.94. The average Bonchev–Trinajstić information content (AvgIpc) is 2.30. The van der Waals surface area contributed by atoms with Gasteiger partial charge in [-0.1, -0.05) is 19.9 Å². The van der Waals surface area contributed by atoms with Crippen LogP contribution in [-0.4, -0.2) is 29.5 Å². The highest BCUT2D eigenvalue weighted by Crippen LogP contribution is 2.27. The first-order valence-electron chi connectivity index (χ1n) is 6.55. The Hall–Kier alpha value is -0.930. The Morgan fingerprint density at radius 2 is 2.06 bits per heavy atom. The fourth-order valence-electron chi connectivity index (χ4n) is 3.00. The Morgan fingerprint density at radius 1 is 1.35 bits per heavy atom. The molecule has 1 aliphatic rings. The van der Waals surface area contributed by atoms with Crippen LogP contribution in [0, 0.1) is 11.8 Å². The van der Waals surface area contributed by atoms with Gasteiger partial charge in [-0.15, -0.1) is 0 Å². The Kier molecular flexibility index (Phi) is 4.13. The van der Waals surface area contributed by atoms with Gasteiger partial charge in [0.05, 0.1) is 11.7 Å². The summed E-state index contributed by atoms with van der Waals surface area (Å²) in [5, 5.41) is 0. The lowest BCUT2D eigenvalue weighted by Gasteiger charge is -2.39. The Balaban J connectivity index is 2.13. The third kappa shape index (κ3) is 3.05. The molecule has 3 heteroatoms. The molecule has 1 fully saturated rings. The minimum Gasteiger partial charge on any atom is -0.329 e. The molecule has 3 unspecified atom stereocenters. The molecule has 2 N–H and O–H groups in total. The van der Waals surface area contributed by atoms with Gasteiger partial charge in [-0.05, 0) is 30.4 Å². The van der Waals surface area contributed by atoms with E-state index in [9.17, 15) is 0 Å². The zero-order chi connectivity index (χ0) is 12.3. The highest BCUT2D eigenvalue weighted by Gasteiger charge is 2.28. The molecule has 2 rings (SSSR count). The van der Waals surface area contributed by atoms with E-state index in [2.05, 4.69) is 29.8 Å². The van der Waals surface area contributed by atoms with Gasteiger partial charge in [-0.2, -0.15) is 0 Å². The third-order valence-corrected chi connectivity index (χ3v) is 3.59. The normalized spacial score (nSPS) is 27.9. The molecule has 94 valence electrons.